The summed E-state index contributed by atoms with van der Waals surface area (Å²) in [5.74, 6) is -0.476. The van der Waals surface area contributed by atoms with Crippen molar-refractivity contribution in [3.05, 3.63) is 65.7 Å². The van der Waals surface area contributed by atoms with Crippen LogP contribution in [0.15, 0.2) is 54.6 Å². The van der Waals surface area contributed by atoms with E-state index in [-0.39, 0.29) is 48.2 Å². The quantitative estimate of drug-likeness (QED) is 0.259. The van der Waals surface area contributed by atoms with Gasteiger partial charge in [-0.05, 0) is 49.3 Å². The van der Waals surface area contributed by atoms with Crippen molar-refractivity contribution >= 4 is 30.3 Å². The van der Waals surface area contributed by atoms with Crippen molar-refractivity contribution in [3.63, 3.8) is 0 Å². The average Bonchev–Trinajstić information content (AvgIpc) is 2.77. The molecule has 0 atom stereocenters. The second-order valence-corrected chi connectivity index (χ2v) is 7.49. The molecule has 3 rings (SSSR count). The lowest BCUT2D eigenvalue weighted by atomic mass is 9.82. The summed E-state index contributed by atoms with van der Waals surface area (Å²) in [7, 11) is 0. The molecule has 0 radical (unpaired) electrons. The van der Waals surface area contributed by atoms with Crippen molar-refractivity contribution in [2.45, 2.75) is 32.3 Å². The highest BCUT2D eigenvalue weighted by Crippen LogP contribution is 2.30. The first-order valence-corrected chi connectivity index (χ1v) is 10.1. The first-order chi connectivity index (χ1) is 14.5. The van der Waals surface area contributed by atoms with Gasteiger partial charge in [0.2, 0.25) is 0 Å². The number of benzene rings is 2. The molecule has 0 bridgehead atoms. The maximum atomic E-state index is 12.7. The molecule has 2 aromatic rings. The third-order valence-corrected chi connectivity index (χ3v) is 5.29. The van der Waals surface area contributed by atoms with E-state index in [1.54, 1.807) is 24.3 Å². The fourth-order valence-corrected chi connectivity index (χ4v) is 3.57. The largest absolute Gasteiger partial charge is 0.457 e. The first kappa shape index (κ1) is 24.2. The predicted molar refractivity (Wildman–Crippen MR) is 120 cm³/mol. The van der Waals surface area contributed by atoms with E-state index in [0.717, 1.165) is 18.4 Å². The molecule has 1 aliphatic carbocycles. The summed E-state index contributed by atoms with van der Waals surface area (Å²) < 4.78 is 11.0. The summed E-state index contributed by atoms with van der Waals surface area (Å²) in [5, 5.41) is 10.1. The van der Waals surface area contributed by atoms with Crippen molar-refractivity contribution in [1.29, 1.82) is 5.41 Å². The summed E-state index contributed by atoms with van der Waals surface area (Å²) >= 11 is 0. The number of carbonyl (C=O) groups is 2. The van der Waals surface area contributed by atoms with Gasteiger partial charge in [-0.25, -0.2) is 4.79 Å². The van der Waals surface area contributed by atoms with Gasteiger partial charge in [-0.15, -0.1) is 12.4 Å². The van der Waals surface area contributed by atoms with Crippen LogP contribution in [-0.2, 0) is 16.1 Å². The zero-order chi connectivity index (χ0) is 21.3. The number of carbonyl (C=O) groups excluding carboxylic acids is 2. The zero-order valence-electron chi connectivity index (χ0n) is 17.2. The van der Waals surface area contributed by atoms with Gasteiger partial charge >= 0.3 is 11.9 Å². The van der Waals surface area contributed by atoms with E-state index < -0.39 is 5.97 Å². The Morgan fingerprint density at radius 2 is 1.65 bits per heavy atom. The number of halogens is 1. The van der Waals surface area contributed by atoms with Gasteiger partial charge in [0.1, 0.15) is 17.9 Å². The molecule has 166 valence electrons. The van der Waals surface area contributed by atoms with Crippen LogP contribution in [0.5, 0.6) is 5.75 Å². The number of esters is 2. The third-order valence-electron chi connectivity index (χ3n) is 5.29. The molecule has 31 heavy (non-hydrogen) atoms. The lowest BCUT2D eigenvalue weighted by Crippen LogP contribution is -2.36. The lowest BCUT2D eigenvalue weighted by molar-refractivity contribution is -0.140. The number of hydrogen-bond donors (Lipinski definition) is 3. The fraction of sp³-hybridized carbons (Fsp3) is 0.348. The number of ether oxygens (including phenoxy) is 2. The van der Waals surface area contributed by atoms with Crippen molar-refractivity contribution < 1.29 is 19.1 Å². The highest BCUT2D eigenvalue weighted by atomic mass is 35.5. The molecule has 0 aliphatic heterocycles. The molecule has 0 saturated heterocycles. The maximum absolute atomic E-state index is 12.7. The van der Waals surface area contributed by atoms with Crippen LogP contribution in [0.2, 0.25) is 0 Å². The number of nitrogens with two attached hydrogens (primary N) is 1. The molecule has 2 aromatic carbocycles. The SMILES string of the molecule is Cl.N=C(N)NC[C@H]1CC[C@H](C(=O)Oc2ccccc2C(=O)OCc2ccccc2)CC1. The van der Waals surface area contributed by atoms with E-state index in [4.69, 9.17) is 20.6 Å². The molecule has 0 spiro atoms. The summed E-state index contributed by atoms with van der Waals surface area (Å²) in [6, 6.07) is 16.0. The highest BCUT2D eigenvalue weighted by Gasteiger charge is 2.28. The summed E-state index contributed by atoms with van der Waals surface area (Å²) in [6.07, 6.45) is 3.15. The fourth-order valence-electron chi connectivity index (χ4n) is 3.57. The van der Waals surface area contributed by atoms with Crippen LogP contribution in [0, 0.1) is 17.2 Å². The van der Waals surface area contributed by atoms with Crippen LogP contribution in [-0.4, -0.2) is 24.4 Å². The second kappa shape index (κ2) is 12.0. The van der Waals surface area contributed by atoms with Gasteiger partial charge < -0.3 is 20.5 Å². The highest BCUT2D eigenvalue weighted by molar-refractivity contribution is 5.93. The van der Waals surface area contributed by atoms with E-state index >= 15 is 0 Å². The van der Waals surface area contributed by atoms with E-state index in [1.807, 2.05) is 30.3 Å². The van der Waals surface area contributed by atoms with Crippen LogP contribution >= 0.6 is 12.4 Å². The minimum atomic E-state index is -0.527. The monoisotopic (exact) mass is 445 g/mol. The number of hydrogen-bond acceptors (Lipinski definition) is 5. The molecule has 0 heterocycles. The van der Waals surface area contributed by atoms with Crippen LogP contribution in [0.4, 0.5) is 0 Å². The second-order valence-electron chi connectivity index (χ2n) is 7.49. The van der Waals surface area contributed by atoms with Gasteiger partial charge in [0.15, 0.2) is 5.96 Å². The van der Waals surface area contributed by atoms with Crippen LogP contribution in [0.25, 0.3) is 0 Å². The molecule has 1 fully saturated rings. The van der Waals surface area contributed by atoms with Crippen molar-refractivity contribution in [2.75, 3.05) is 6.54 Å². The Morgan fingerprint density at radius 3 is 2.32 bits per heavy atom. The number of guanidine groups is 1. The minimum absolute atomic E-state index is 0. The Morgan fingerprint density at radius 1 is 1.00 bits per heavy atom. The molecular weight excluding hydrogens is 418 g/mol. The molecule has 1 aliphatic rings. The van der Waals surface area contributed by atoms with Crippen molar-refractivity contribution in [1.82, 2.24) is 5.32 Å². The smallest absolute Gasteiger partial charge is 0.342 e. The molecule has 4 N–H and O–H groups in total. The van der Waals surface area contributed by atoms with E-state index in [0.29, 0.717) is 25.3 Å². The van der Waals surface area contributed by atoms with Crippen molar-refractivity contribution in [3.8, 4) is 5.75 Å². The predicted octanol–water partition coefficient (Wildman–Crippen LogP) is 3.66. The van der Waals surface area contributed by atoms with Crippen LogP contribution in [0.1, 0.15) is 41.6 Å². The molecule has 7 nitrogen and oxygen atoms in total. The molecule has 1 saturated carbocycles. The molecule has 8 heteroatoms. The lowest BCUT2D eigenvalue weighted by Gasteiger charge is -2.27. The van der Waals surface area contributed by atoms with Gasteiger partial charge in [0.05, 0.1) is 5.92 Å². The van der Waals surface area contributed by atoms with E-state index in [9.17, 15) is 9.59 Å². The Bertz CT molecular complexity index is 883. The molecular formula is C23H28ClN3O4. The van der Waals surface area contributed by atoms with Crippen LogP contribution < -0.4 is 15.8 Å². The first-order valence-electron chi connectivity index (χ1n) is 10.1. The van der Waals surface area contributed by atoms with Crippen LogP contribution in [0.3, 0.4) is 0 Å². The van der Waals surface area contributed by atoms with Crippen molar-refractivity contribution in [2.24, 2.45) is 17.6 Å². The maximum Gasteiger partial charge on any atom is 0.342 e. The Labute approximate surface area is 188 Å². The normalized spacial score (nSPS) is 17.7. The van der Waals surface area contributed by atoms with Gasteiger partial charge in [-0.2, -0.15) is 0 Å². The van der Waals surface area contributed by atoms with Gasteiger partial charge in [0, 0.05) is 6.54 Å². The summed E-state index contributed by atoms with van der Waals surface area (Å²) in [6.45, 7) is 0.799. The molecule has 0 amide bonds. The number of para-hydroxylation sites is 1. The van der Waals surface area contributed by atoms with E-state index in [1.165, 1.54) is 0 Å². The Hall–Kier alpha value is -3.06. The minimum Gasteiger partial charge on any atom is -0.457 e. The standard InChI is InChI=1S/C23H27N3O4.ClH/c24-23(25)26-14-16-10-12-18(13-11-16)21(27)30-20-9-5-4-8-19(20)22(28)29-15-17-6-2-1-3-7-17;/h1-9,16,18H,10-15H2,(H4,24,25,26);1H/t16-,18-;. The van der Waals surface area contributed by atoms with E-state index in [2.05, 4.69) is 5.32 Å². The van der Waals surface area contributed by atoms with Gasteiger partial charge in [0.25, 0.3) is 0 Å². The molecule has 0 unspecified atom stereocenters. The van der Waals surface area contributed by atoms with Gasteiger partial charge in [-0.1, -0.05) is 42.5 Å². The topological polar surface area (TPSA) is 115 Å². The molecule has 0 aromatic heterocycles. The third kappa shape index (κ3) is 7.29. The zero-order valence-corrected chi connectivity index (χ0v) is 18.0. The summed E-state index contributed by atoms with van der Waals surface area (Å²) in [4.78, 5) is 25.2. The number of rotatable bonds is 7. The average molecular weight is 446 g/mol. The van der Waals surface area contributed by atoms with Gasteiger partial charge in [-0.3, -0.25) is 10.2 Å². The number of nitrogens with one attached hydrogen (secondary N) is 2. The Balaban J connectivity index is 0.00000341. The Kier molecular flexibility index (Phi) is 9.34. The summed E-state index contributed by atoms with van der Waals surface area (Å²) in [5.41, 5.74) is 6.45.